The molecule has 22 heavy (non-hydrogen) atoms. The highest BCUT2D eigenvalue weighted by atomic mass is 35.5. The molecular formula is C15H14Cl2N4O. The van der Waals surface area contributed by atoms with E-state index in [9.17, 15) is 5.11 Å². The summed E-state index contributed by atoms with van der Waals surface area (Å²) in [7, 11) is 0. The Morgan fingerprint density at radius 1 is 1.27 bits per heavy atom. The van der Waals surface area contributed by atoms with Crippen LogP contribution in [0.4, 0.5) is 0 Å². The van der Waals surface area contributed by atoms with Gasteiger partial charge in [-0.3, -0.25) is 9.38 Å². The van der Waals surface area contributed by atoms with Gasteiger partial charge in [0, 0.05) is 41.1 Å². The molecule has 5 nitrogen and oxygen atoms in total. The minimum atomic E-state index is -0.703. The van der Waals surface area contributed by atoms with Crippen molar-refractivity contribution in [3.63, 3.8) is 0 Å². The molecule has 2 aromatic heterocycles. The van der Waals surface area contributed by atoms with Crippen LogP contribution in [0.2, 0.25) is 10.0 Å². The van der Waals surface area contributed by atoms with Gasteiger partial charge in [0.2, 0.25) is 0 Å². The fraction of sp³-hybridized carbons (Fsp3) is 0.200. The zero-order valence-electron chi connectivity index (χ0n) is 11.6. The van der Waals surface area contributed by atoms with Crippen molar-refractivity contribution in [2.45, 2.75) is 12.6 Å². The topological polar surface area (TPSA) is 62.5 Å². The molecule has 0 aliphatic rings. The van der Waals surface area contributed by atoms with Gasteiger partial charge in [-0.2, -0.15) is 0 Å². The number of rotatable bonds is 5. The smallest absolute Gasteiger partial charge is 0.155 e. The normalized spacial score (nSPS) is 12.7. The molecule has 2 N–H and O–H groups in total. The minimum Gasteiger partial charge on any atom is -0.387 e. The number of fused-ring (bicyclic) bond motifs is 1. The highest BCUT2D eigenvalue weighted by Crippen LogP contribution is 2.25. The summed E-state index contributed by atoms with van der Waals surface area (Å²) in [5.74, 6) is 0. The molecule has 0 amide bonds. The van der Waals surface area contributed by atoms with Crippen LogP contribution >= 0.6 is 23.2 Å². The van der Waals surface area contributed by atoms with E-state index in [0.29, 0.717) is 28.7 Å². The maximum absolute atomic E-state index is 10.2. The molecule has 0 fully saturated rings. The average Bonchev–Trinajstić information content (AvgIpc) is 2.90. The summed E-state index contributed by atoms with van der Waals surface area (Å²) >= 11 is 11.9. The van der Waals surface area contributed by atoms with Crippen LogP contribution in [-0.2, 0) is 6.54 Å². The van der Waals surface area contributed by atoms with Gasteiger partial charge in [0.05, 0.1) is 24.2 Å². The van der Waals surface area contributed by atoms with Crippen molar-refractivity contribution in [2.75, 3.05) is 6.54 Å². The SMILES string of the molecule is OC(CNCc1cnc2cnccn12)c1ccc(Cl)cc1Cl. The molecule has 0 saturated carbocycles. The van der Waals surface area contributed by atoms with Crippen molar-refractivity contribution in [2.24, 2.45) is 0 Å². The van der Waals surface area contributed by atoms with Crippen molar-refractivity contribution in [1.82, 2.24) is 19.7 Å². The largest absolute Gasteiger partial charge is 0.387 e. The average molecular weight is 337 g/mol. The number of imidazole rings is 1. The Kier molecular flexibility index (Phi) is 4.59. The number of aliphatic hydroxyl groups excluding tert-OH is 1. The lowest BCUT2D eigenvalue weighted by Crippen LogP contribution is -2.22. The molecule has 3 aromatic rings. The van der Waals surface area contributed by atoms with E-state index in [1.54, 1.807) is 36.8 Å². The van der Waals surface area contributed by atoms with Gasteiger partial charge >= 0.3 is 0 Å². The fourth-order valence-electron chi connectivity index (χ4n) is 2.24. The van der Waals surface area contributed by atoms with Gasteiger partial charge in [0.25, 0.3) is 0 Å². The first-order valence-electron chi connectivity index (χ1n) is 6.75. The quantitative estimate of drug-likeness (QED) is 0.752. The number of hydrogen-bond donors (Lipinski definition) is 2. The Morgan fingerprint density at radius 2 is 2.14 bits per heavy atom. The Morgan fingerprint density at radius 3 is 2.95 bits per heavy atom. The second-order valence-corrected chi connectivity index (χ2v) is 5.71. The number of benzene rings is 1. The minimum absolute atomic E-state index is 0.375. The standard InChI is InChI=1S/C15H14Cl2N4O/c16-10-1-2-12(13(17)5-10)14(22)8-19-6-11-7-20-15-9-18-3-4-21(11)15/h1-5,7,9,14,19,22H,6,8H2. The molecule has 0 radical (unpaired) electrons. The third-order valence-electron chi connectivity index (χ3n) is 3.36. The molecule has 7 heteroatoms. The molecule has 0 aliphatic heterocycles. The summed E-state index contributed by atoms with van der Waals surface area (Å²) in [6.07, 6.45) is 6.34. The molecule has 0 spiro atoms. The maximum Gasteiger partial charge on any atom is 0.155 e. The summed E-state index contributed by atoms with van der Waals surface area (Å²) in [6, 6.07) is 5.07. The van der Waals surface area contributed by atoms with E-state index < -0.39 is 6.10 Å². The van der Waals surface area contributed by atoms with Crippen molar-refractivity contribution in [3.8, 4) is 0 Å². The first-order valence-corrected chi connectivity index (χ1v) is 7.50. The van der Waals surface area contributed by atoms with Crippen molar-refractivity contribution < 1.29 is 5.11 Å². The van der Waals surface area contributed by atoms with Gasteiger partial charge in [-0.15, -0.1) is 0 Å². The fourth-order valence-corrected chi connectivity index (χ4v) is 2.78. The molecule has 0 aliphatic carbocycles. The van der Waals surface area contributed by atoms with Gasteiger partial charge < -0.3 is 10.4 Å². The Hall–Kier alpha value is -1.66. The number of nitrogens with zero attached hydrogens (tertiary/aromatic N) is 3. The molecule has 1 aromatic carbocycles. The Labute approximate surface area is 137 Å². The predicted molar refractivity (Wildman–Crippen MR) is 86.1 cm³/mol. The predicted octanol–water partition coefficient (Wildman–Crippen LogP) is 2.86. The van der Waals surface area contributed by atoms with Gasteiger partial charge in [-0.05, 0) is 12.1 Å². The van der Waals surface area contributed by atoms with E-state index in [4.69, 9.17) is 23.2 Å². The maximum atomic E-state index is 10.2. The lowest BCUT2D eigenvalue weighted by molar-refractivity contribution is 0.174. The molecule has 1 atom stereocenters. The first-order chi connectivity index (χ1) is 10.6. The van der Waals surface area contributed by atoms with E-state index in [-0.39, 0.29) is 0 Å². The molecule has 114 valence electrons. The van der Waals surface area contributed by atoms with Crippen LogP contribution in [0.25, 0.3) is 5.65 Å². The van der Waals surface area contributed by atoms with Crippen LogP contribution in [0, 0.1) is 0 Å². The second-order valence-electron chi connectivity index (χ2n) is 4.87. The monoisotopic (exact) mass is 336 g/mol. The van der Waals surface area contributed by atoms with Crippen molar-refractivity contribution >= 4 is 28.8 Å². The van der Waals surface area contributed by atoms with Crippen LogP contribution in [0.3, 0.4) is 0 Å². The Balaban J connectivity index is 1.63. The second kappa shape index (κ2) is 6.62. The van der Waals surface area contributed by atoms with Crippen LogP contribution in [0.15, 0.2) is 43.0 Å². The number of aliphatic hydroxyl groups is 1. The van der Waals surface area contributed by atoms with Crippen LogP contribution in [-0.4, -0.2) is 26.0 Å². The Bertz CT molecular complexity index is 790. The third kappa shape index (κ3) is 3.23. The summed E-state index contributed by atoms with van der Waals surface area (Å²) in [5, 5.41) is 14.4. The van der Waals surface area contributed by atoms with Gasteiger partial charge in [0.15, 0.2) is 5.65 Å². The third-order valence-corrected chi connectivity index (χ3v) is 3.92. The molecule has 0 saturated heterocycles. The van der Waals surface area contributed by atoms with E-state index >= 15 is 0 Å². The van der Waals surface area contributed by atoms with E-state index in [1.807, 2.05) is 10.6 Å². The zero-order chi connectivity index (χ0) is 15.5. The van der Waals surface area contributed by atoms with Gasteiger partial charge in [-0.1, -0.05) is 29.3 Å². The number of halogens is 2. The molecular weight excluding hydrogens is 323 g/mol. The van der Waals surface area contributed by atoms with E-state index in [2.05, 4.69) is 15.3 Å². The van der Waals surface area contributed by atoms with Crippen molar-refractivity contribution in [3.05, 3.63) is 64.3 Å². The highest BCUT2D eigenvalue weighted by Gasteiger charge is 2.12. The lowest BCUT2D eigenvalue weighted by atomic mass is 10.1. The summed E-state index contributed by atoms with van der Waals surface area (Å²) < 4.78 is 1.95. The molecule has 0 bridgehead atoms. The van der Waals surface area contributed by atoms with Gasteiger partial charge in [-0.25, -0.2) is 4.98 Å². The summed E-state index contributed by atoms with van der Waals surface area (Å²) in [6.45, 7) is 0.952. The number of nitrogens with one attached hydrogen (secondary N) is 1. The lowest BCUT2D eigenvalue weighted by Gasteiger charge is -2.14. The summed E-state index contributed by atoms with van der Waals surface area (Å²) in [4.78, 5) is 8.28. The molecule has 1 unspecified atom stereocenters. The van der Waals surface area contributed by atoms with Crippen molar-refractivity contribution in [1.29, 1.82) is 0 Å². The first kappa shape index (κ1) is 15.2. The highest BCUT2D eigenvalue weighted by molar-refractivity contribution is 6.35. The summed E-state index contributed by atoms with van der Waals surface area (Å²) in [5.41, 5.74) is 2.44. The van der Waals surface area contributed by atoms with Gasteiger partial charge in [0.1, 0.15) is 0 Å². The van der Waals surface area contributed by atoms with E-state index in [0.717, 1.165) is 11.3 Å². The molecule has 2 heterocycles. The van der Waals surface area contributed by atoms with E-state index in [1.165, 1.54) is 0 Å². The van der Waals surface area contributed by atoms with Crippen LogP contribution in [0.5, 0.6) is 0 Å². The van der Waals surface area contributed by atoms with Crippen LogP contribution < -0.4 is 5.32 Å². The number of hydrogen-bond acceptors (Lipinski definition) is 4. The molecule has 3 rings (SSSR count). The zero-order valence-corrected chi connectivity index (χ0v) is 13.1. The van der Waals surface area contributed by atoms with Crippen LogP contribution in [0.1, 0.15) is 17.4 Å². The number of aromatic nitrogens is 3.